The number of carbonyl (C=O) groups is 1. The SMILES string of the molecule is [2H]c1c([2H])c([2H])c(C(C(N)=O)(c2c([2H])c([2H])c([2H])c([2H])c2[2H])[C@@]2([2H])C([2H])([2H])NC([2H])([2H])C2([2H])[2H])c([2H])c1[2H]. The number of hydrogen-bond donors (Lipinski definition) is 2. The largest absolute Gasteiger partial charge is 0.369 e. The predicted molar refractivity (Wildman–Crippen MR) is 83.8 cm³/mol. The van der Waals surface area contributed by atoms with Crippen molar-refractivity contribution in [2.75, 3.05) is 13.0 Å². The van der Waals surface area contributed by atoms with E-state index in [2.05, 4.69) is 0 Å². The molecule has 0 spiro atoms. The molecule has 1 heterocycles. The average molecular weight is 297 g/mol. The van der Waals surface area contributed by atoms with Crippen molar-refractivity contribution in [3.05, 3.63) is 71.6 Å². The first-order valence-corrected chi connectivity index (χ1v) is 5.74. The second-order valence-corrected chi connectivity index (χ2v) is 3.99. The standard InChI is InChI=1S/C18H20N2O/c19-17(21)18(16-11-12-20-13-16,14-7-3-1-4-8-14)15-9-5-2-6-10-15/h1-10,16,20H,11-13H2,(H2,19,21)/t16-/m1/s1/i1D,2D,3D,4D,5D,6D,7D,8D,9D,10D,11D2,12D2,13D2,16D. The number of benzene rings is 2. The number of carbonyl (C=O) groups excluding carboxylic acids is 1. The van der Waals surface area contributed by atoms with E-state index in [4.69, 9.17) is 27.7 Å². The van der Waals surface area contributed by atoms with Crippen LogP contribution in [0.1, 0.15) is 40.8 Å². The van der Waals surface area contributed by atoms with Crippen LogP contribution in [0, 0.1) is 5.89 Å². The van der Waals surface area contributed by atoms with Crippen LogP contribution in [0.5, 0.6) is 0 Å². The molecule has 1 atom stereocenters. The molecule has 3 N–H and O–H groups in total. The first kappa shape index (κ1) is 4.20. The lowest BCUT2D eigenvalue weighted by Gasteiger charge is -2.37. The van der Waals surface area contributed by atoms with E-state index in [0.29, 0.717) is 0 Å². The van der Waals surface area contributed by atoms with Gasteiger partial charge in [-0.15, -0.1) is 0 Å². The van der Waals surface area contributed by atoms with Crippen molar-refractivity contribution in [1.29, 1.82) is 0 Å². The van der Waals surface area contributed by atoms with Crippen molar-refractivity contribution in [3.63, 3.8) is 0 Å². The third-order valence-electron chi connectivity index (χ3n) is 2.93. The summed E-state index contributed by atoms with van der Waals surface area (Å²) in [5.41, 5.74) is -0.867. The van der Waals surface area contributed by atoms with Gasteiger partial charge in [-0.3, -0.25) is 4.79 Å². The molecule has 1 aliphatic rings. The van der Waals surface area contributed by atoms with Crippen molar-refractivity contribution in [3.8, 4) is 0 Å². The Labute approximate surface area is 149 Å². The molecule has 0 aliphatic carbocycles. The zero-order valence-electron chi connectivity index (χ0n) is 27.5. The van der Waals surface area contributed by atoms with Crippen molar-refractivity contribution in [2.24, 2.45) is 11.6 Å². The van der Waals surface area contributed by atoms with E-state index in [-0.39, 0.29) is 0 Å². The number of nitrogens with one attached hydrogen (secondary N) is 1. The second kappa shape index (κ2) is 5.70. The van der Waals surface area contributed by atoms with Gasteiger partial charge in [-0.25, -0.2) is 0 Å². The molecule has 2 aromatic carbocycles. The van der Waals surface area contributed by atoms with E-state index in [1.54, 1.807) is 5.32 Å². The highest BCUT2D eigenvalue weighted by atomic mass is 16.1. The molecule has 3 rings (SSSR count). The molecule has 0 saturated carbocycles. The Hall–Kier alpha value is -2.13. The summed E-state index contributed by atoms with van der Waals surface area (Å²) in [6.07, 6.45) is -3.87. The van der Waals surface area contributed by atoms with Crippen LogP contribution in [0.2, 0.25) is 0 Å². The fourth-order valence-corrected chi connectivity index (χ4v) is 2.03. The maximum atomic E-state index is 13.6. The fraction of sp³-hybridized carbons (Fsp3) is 0.278. The van der Waals surface area contributed by atoms with Crippen LogP contribution in [0.25, 0.3) is 0 Å². The topological polar surface area (TPSA) is 55.1 Å². The lowest BCUT2D eigenvalue weighted by molar-refractivity contribution is -0.123. The quantitative estimate of drug-likeness (QED) is 0.907. The molecule has 0 aromatic heterocycles. The Bertz CT molecular complexity index is 1260. The van der Waals surface area contributed by atoms with Gasteiger partial charge in [-0.2, -0.15) is 0 Å². The predicted octanol–water partition coefficient (Wildman–Crippen LogP) is 2.07. The zero-order valence-corrected chi connectivity index (χ0v) is 10.5. The van der Waals surface area contributed by atoms with Crippen LogP contribution in [0.4, 0.5) is 0 Å². The first-order chi connectivity index (χ1) is 17.0. The van der Waals surface area contributed by atoms with E-state index in [1.165, 1.54) is 0 Å². The number of primary amides is 1. The van der Waals surface area contributed by atoms with E-state index >= 15 is 0 Å². The Morgan fingerprint density at radius 2 is 1.71 bits per heavy atom. The first-order valence-electron chi connectivity index (χ1n) is 14.2. The lowest BCUT2D eigenvalue weighted by Crippen LogP contribution is -2.49. The molecular formula is C18H20N2O. The van der Waals surface area contributed by atoms with Gasteiger partial charge in [-0.1, -0.05) is 60.4 Å². The molecule has 3 nitrogen and oxygen atoms in total. The molecule has 108 valence electrons. The molecule has 1 amide bonds. The maximum absolute atomic E-state index is 13.6. The van der Waals surface area contributed by atoms with Gasteiger partial charge >= 0.3 is 0 Å². The van der Waals surface area contributed by atoms with Crippen LogP contribution in [-0.4, -0.2) is 18.9 Å². The Morgan fingerprint density at radius 3 is 2.10 bits per heavy atom. The molecule has 1 aliphatic heterocycles. The summed E-state index contributed by atoms with van der Waals surface area (Å²) in [7, 11) is 0. The van der Waals surface area contributed by atoms with E-state index in [0.717, 1.165) is 0 Å². The number of rotatable bonds is 4. The van der Waals surface area contributed by atoms with Gasteiger partial charge in [0.15, 0.2) is 0 Å². The van der Waals surface area contributed by atoms with Crippen LogP contribution in [0.15, 0.2) is 60.4 Å². The normalized spacial score (nSPS) is 40.9. The van der Waals surface area contributed by atoms with Gasteiger partial charge in [0.1, 0.15) is 5.41 Å². The number of hydrogen-bond acceptors (Lipinski definition) is 2. The Morgan fingerprint density at radius 1 is 1.19 bits per heavy atom. The molecular weight excluding hydrogens is 260 g/mol. The molecule has 0 unspecified atom stereocenters. The molecule has 0 radical (unpaired) electrons. The van der Waals surface area contributed by atoms with Gasteiger partial charge < -0.3 is 11.1 Å². The van der Waals surface area contributed by atoms with E-state index < -0.39 is 108 Å². The summed E-state index contributed by atoms with van der Waals surface area (Å²) in [5, 5.41) is 1.60. The molecule has 0 bridgehead atoms. The van der Waals surface area contributed by atoms with Crippen molar-refractivity contribution < 1.29 is 28.1 Å². The highest BCUT2D eigenvalue weighted by Gasteiger charge is 2.48. The minimum absolute atomic E-state index is 1.02. The molecule has 2 aromatic rings. The second-order valence-electron chi connectivity index (χ2n) is 3.99. The number of amides is 1. The summed E-state index contributed by atoms with van der Waals surface area (Å²) in [6, 6.07) is -11.9. The van der Waals surface area contributed by atoms with E-state index in [1.807, 2.05) is 0 Å². The van der Waals surface area contributed by atoms with Crippen LogP contribution >= 0.6 is 0 Å². The summed E-state index contributed by atoms with van der Waals surface area (Å²) < 4.78 is 141. The fourth-order valence-electron chi connectivity index (χ4n) is 2.03. The van der Waals surface area contributed by atoms with Crippen molar-refractivity contribution in [1.82, 2.24) is 5.32 Å². The van der Waals surface area contributed by atoms with Crippen LogP contribution in [0.3, 0.4) is 0 Å². The monoisotopic (exact) mass is 297 g/mol. The molecule has 21 heavy (non-hydrogen) atoms. The lowest BCUT2D eigenvalue weighted by atomic mass is 9.65. The summed E-state index contributed by atoms with van der Waals surface area (Å²) in [6.45, 7) is -7.17. The van der Waals surface area contributed by atoms with Crippen LogP contribution in [-0.2, 0) is 10.2 Å². The van der Waals surface area contributed by atoms with E-state index in [9.17, 15) is 6.17 Å². The zero-order chi connectivity index (χ0) is 29.7. The van der Waals surface area contributed by atoms with Crippen molar-refractivity contribution >= 4 is 5.91 Å². The molecule has 1 fully saturated rings. The highest BCUT2D eigenvalue weighted by Crippen LogP contribution is 2.41. The smallest absolute Gasteiger partial charge is 0.232 e. The van der Waals surface area contributed by atoms with Crippen LogP contribution < -0.4 is 11.1 Å². The molecule has 1 saturated heterocycles. The minimum Gasteiger partial charge on any atom is -0.369 e. The third kappa shape index (κ3) is 2.24. The summed E-state index contributed by atoms with van der Waals surface area (Å²) in [5.74, 6) is -6.03. The average Bonchev–Trinajstić information content (AvgIpc) is 2.90. The molecule has 3 heteroatoms. The van der Waals surface area contributed by atoms with Gasteiger partial charge in [0.05, 0.1) is 13.7 Å². The minimum atomic E-state index is -4.00. The summed E-state index contributed by atoms with van der Waals surface area (Å²) >= 11 is 0. The van der Waals surface area contributed by atoms with Gasteiger partial charge in [0.2, 0.25) is 5.91 Å². The van der Waals surface area contributed by atoms with Gasteiger partial charge in [0.25, 0.3) is 0 Å². The highest BCUT2D eigenvalue weighted by molar-refractivity contribution is 5.91. The Kier molecular flexibility index (Phi) is 1.14. The number of nitrogens with two attached hydrogens (primary N) is 1. The van der Waals surface area contributed by atoms with Crippen molar-refractivity contribution in [2.45, 2.75) is 11.8 Å². The third-order valence-corrected chi connectivity index (χ3v) is 2.93. The van der Waals surface area contributed by atoms with Gasteiger partial charge in [-0.05, 0) is 36.4 Å². The summed E-state index contributed by atoms with van der Waals surface area (Å²) in [4.78, 5) is 13.6. The maximum Gasteiger partial charge on any atom is 0.232 e. The van der Waals surface area contributed by atoms with Gasteiger partial charge in [0, 0.05) is 9.60 Å². The Balaban J connectivity index is 2.90.